The SMILES string of the molecule is BrCCCOc1ccccc1C1OCCO1. The Bertz CT molecular complexity index is 324. The van der Waals surface area contributed by atoms with Crippen LogP contribution in [0.5, 0.6) is 5.75 Å². The second-order valence-corrected chi connectivity index (χ2v) is 4.30. The Kier molecular flexibility index (Phi) is 4.63. The Balaban J connectivity index is 2.04. The molecule has 2 rings (SSSR count). The molecule has 1 saturated heterocycles. The van der Waals surface area contributed by atoms with E-state index in [4.69, 9.17) is 14.2 Å². The van der Waals surface area contributed by atoms with E-state index in [0.717, 1.165) is 23.1 Å². The fourth-order valence-corrected chi connectivity index (χ4v) is 1.81. The maximum absolute atomic E-state index is 5.70. The lowest BCUT2D eigenvalue weighted by Gasteiger charge is -2.14. The standard InChI is InChI=1S/C12H15BrO3/c13-6-3-7-14-11-5-2-1-4-10(11)12-15-8-9-16-12/h1-2,4-5,12H,3,6-9H2. The number of alkyl halides is 1. The smallest absolute Gasteiger partial charge is 0.187 e. The Hall–Kier alpha value is -0.580. The predicted octanol–water partition coefficient (Wildman–Crippen LogP) is 2.90. The fourth-order valence-electron chi connectivity index (χ4n) is 1.58. The average Bonchev–Trinajstić information content (AvgIpc) is 2.83. The van der Waals surface area contributed by atoms with Crippen LogP contribution in [0.3, 0.4) is 0 Å². The van der Waals surface area contributed by atoms with Crippen molar-refractivity contribution in [2.24, 2.45) is 0 Å². The van der Waals surface area contributed by atoms with Crippen molar-refractivity contribution in [3.05, 3.63) is 29.8 Å². The van der Waals surface area contributed by atoms with Gasteiger partial charge >= 0.3 is 0 Å². The summed E-state index contributed by atoms with van der Waals surface area (Å²) in [5, 5.41) is 0.950. The summed E-state index contributed by atoms with van der Waals surface area (Å²) >= 11 is 3.38. The van der Waals surface area contributed by atoms with Crippen LogP contribution in [-0.4, -0.2) is 25.2 Å². The molecule has 1 aliphatic rings. The number of ether oxygens (including phenoxy) is 3. The maximum Gasteiger partial charge on any atom is 0.187 e. The van der Waals surface area contributed by atoms with E-state index < -0.39 is 0 Å². The van der Waals surface area contributed by atoms with Gasteiger partial charge in [0.05, 0.1) is 19.8 Å². The van der Waals surface area contributed by atoms with E-state index in [1.807, 2.05) is 24.3 Å². The monoisotopic (exact) mass is 286 g/mol. The molecule has 3 nitrogen and oxygen atoms in total. The topological polar surface area (TPSA) is 27.7 Å². The van der Waals surface area contributed by atoms with Crippen LogP contribution in [0.25, 0.3) is 0 Å². The van der Waals surface area contributed by atoms with Crippen molar-refractivity contribution in [2.45, 2.75) is 12.7 Å². The van der Waals surface area contributed by atoms with Crippen LogP contribution in [-0.2, 0) is 9.47 Å². The van der Waals surface area contributed by atoms with Crippen molar-refractivity contribution in [1.82, 2.24) is 0 Å². The number of hydrogen-bond acceptors (Lipinski definition) is 3. The Labute approximate surface area is 104 Å². The summed E-state index contributed by atoms with van der Waals surface area (Å²) in [5.74, 6) is 0.857. The van der Waals surface area contributed by atoms with Gasteiger partial charge < -0.3 is 14.2 Å². The molecule has 16 heavy (non-hydrogen) atoms. The van der Waals surface area contributed by atoms with Crippen LogP contribution in [0.15, 0.2) is 24.3 Å². The van der Waals surface area contributed by atoms with E-state index >= 15 is 0 Å². The fraction of sp³-hybridized carbons (Fsp3) is 0.500. The first-order chi connectivity index (χ1) is 7.92. The first kappa shape index (κ1) is 11.9. The highest BCUT2D eigenvalue weighted by Crippen LogP contribution is 2.30. The lowest BCUT2D eigenvalue weighted by molar-refractivity contribution is -0.0457. The minimum atomic E-state index is -0.264. The summed E-state index contributed by atoms with van der Waals surface area (Å²) < 4.78 is 16.6. The molecule has 0 aliphatic carbocycles. The minimum Gasteiger partial charge on any atom is -0.493 e. The molecule has 0 spiro atoms. The van der Waals surface area contributed by atoms with Crippen LogP contribution >= 0.6 is 15.9 Å². The van der Waals surface area contributed by atoms with E-state index in [9.17, 15) is 0 Å². The highest BCUT2D eigenvalue weighted by atomic mass is 79.9. The molecule has 0 amide bonds. The number of hydrogen-bond donors (Lipinski definition) is 0. The summed E-state index contributed by atoms with van der Waals surface area (Å²) in [6, 6.07) is 7.87. The second-order valence-electron chi connectivity index (χ2n) is 3.50. The largest absolute Gasteiger partial charge is 0.493 e. The zero-order chi connectivity index (χ0) is 11.2. The first-order valence-corrected chi connectivity index (χ1v) is 6.55. The Morgan fingerprint density at radius 1 is 1.25 bits per heavy atom. The third kappa shape index (κ3) is 2.97. The van der Waals surface area contributed by atoms with Crippen molar-refractivity contribution < 1.29 is 14.2 Å². The number of rotatable bonds is 5. The molecule has 0 bridgehead atoms. The lowest BCUT2D eigenvalue weighted by Crippen LogP contribution is -2.04. The van der Waals surface area contributed by atoms with E-state index in [2.05, 4.69) is 15.9 Å². The Morgan fingerprint density at radius 2 is 2.00 bits per heavy atom. The van der Waals surface area contributed by atoms with Crippen molar-refractivity contribution >= 4 is 15.9 Å². The van der Waals surface area contributed by atoms with Gasteiger partial charge in [0.2, 0.25) is 0 Å². The molecule has 0 saturated carbocycles. The van der Waals surface area contributed by atoms with Gasteiger partial charge in [-0.25, -0.2) is 0 Å². The van der Waals surface area contributed by atoms with Crippen molar-refractivity contribution in [3.8, 4) is 5.75 Å². The van der Waals surface area contributed by atoms with Crippen molar-refractivity contribution in [3.63, 3.8) is 0 Å². The molecule has 0 atom stereocenters. The van der Waals surface area contributed by atoms with E-state index in [1.165, 1.54) is 0 Å². The van der Waals surface area contributed by atoms with E-state index in [1.54, 1.807) is 0 Å². The van der Waals surface area contributed by atoms with Gasteiger partial charge in [0.1, 0.15) is 5.75 Å². The second kappa shape index (κ2) is 6.23. The molecule has 1 fully saturated rings. The molecule has 1 heterocycles. The van der Waals surface area contributed by atoms with Gasteiger partial charge in [-0.15, -0.1) is 0 Å². The normalized spacial score (nSPS) is 16.6. The molecular weight excluding hydrogens is 272 g/mol. The molecule has 88 valence electrons. The summed E-state index contributed by atoms with van der Waals surface area (Å²) in [6.07, 6.45) is 0.723. The minimum absolute atomic E-state index is 0.264. The first-order valence-electron chi connectivity index (χ1n) is 5.42. The molecule has 0 unspecified atom stereocenters. The zero-order valence-corrected chi connectivity index (χ0v) is 10.6. The number of halogens is 1. The predicted molar refractivity (Wildman–Crippen MR) is 65.0 cm³/mol. The summed E-state index contributed by atoms with van der Waals surface area (Å²) in [7, 11) is 0. The Morgan fingerprint density at radius 3 is 2.75 bits per heavy atom. The summed E-state index contributed by atoms with van der Waals surface area (Å²) in [6.45, 7) is 2.01. The van der Waals surface area contributed by atoms with Gasteiger partial charge in [-0.1, -0.05) is 34.1 Å². The van der Waals surface area contributed by atoms with Crippen LogP contribution in [0, 0.1) is 0 Å². The molecule has 0 radical (unpaired) electrons. The van der Waals surface area contributed by atoms with Crippen LogP contribution in [0.1, 0.15) is 18.3 Å². The average molecular weight is 287 g/mol. The van der Waals surface area contributed by atoms with Crippen LogP contribution in [0.4, 0.5) is 0 Å². The quantitative estimate of drug-likeness (QED) is 0.615. The summed E-state index contributed by atoms with van der Waals surface area (Å²) in [5.41, 5.74) is 0.981. The summed E-state index contributed by atoms with van der Waals surface area (Å²) in [4.78, 5) is 0. The van der Waals surface area contributed by atoms with Gasteiger partial charge in [0.25, 0.3) is 0 Å². The number of para-hydroxylation sites is 1. The zero-order valence-electron chi connectivity index (χ0n) is 9.02. The molecule has 0 aromatic heterocycles. The van der Waals surface area contributed by atoms with E-state index in [0.29, 0.717) is 19.8 Å². The molecular formula is C12H15BrO3. The molecule has 1 aliphatic heterocycles. The van der Waals surface area contributed by atoms with Gasteiger partial charge in [0, 0.05) is 10.9 Å². The number of benzene rings is 1. The third-order valence-corrected chi connectivity index (χ3v) is 2.89. The molecule has 0 N–H and O–H groups in total. The van der Waals surface area contributed by atoms with Gasteiger partial charge in [-0.05, 0) is 12.5 Å². The van der Waals surface area contributed by atoms with Gasteiger partial charge in [-0.3, -0.25) is 0 Å². The lowest BCUT2D eigenvalue weighted by atomic mass is 10.2. The van der Waals surface area contributed by atoms with Gasteiger partial charge in [-0.2, -0.15) is 0 Å². The van der Waals surface area contributed by atoms with Crippen molar-refractivity contribution in [1.29, 1.82) is 0 Å². The van der Waals surface area contributed by atoms with E-state index in [-0.39, 0.29) is 6.29 Å². The molecule has 1 aromatic rings. The van der Waals surface area contributed by atoms with Crippen LogP contribution in [0.2, 0.25) is 0 Å². The maximum atomic E-state index is 5.70. The van der Waals surface area contributed by atoms with Gasteiger partial charge in [0.15, 0.2) is 6.29 Å². The molecule has 1 aromatic carbocycles. The third-order valence-electron chi connectivity index (χ3n) is 2.33. The molecule has 4 heteroatoms. The highest BCUT2D eigenvalue weighted by Gasteiger charge is 2.21. The van der Waals surface area contributed by atoms with Crippen LogP contribution < -0.4 is 4.74 Å². The van der Waals surface area contributed by atoms with Crippen molar-refractivity contribution in [2.75, 3.05) is 25.2 Å². The highest BCUT2D eigenvalue weighted by molar-refractivity contribution is 9.09.